The molecule has 0 bridgehead atoms. The highest BCUT2D eigenvalue weighted by atomic mass is 35.5. The van der Waals surface area contributed by atoms with E-state index in [9.17, 15) is 12.8 Å². The standard InChI is InChI=1S/C12H9Cl2FN2O2S/c13-8-2-1-3-9(14)12(8)20(18,19)17-11-6-7(16)4-5-10(11)15/h1-6,17H,16H2. The van der Waals surface area contributed by atoms with Crippen LogP contribution in [-0.2, 0) is 10.0 Å². The lowest BCUT2D eigenvalue weighted by molar-refractivity contribution is 0.598. The quantitative estimate of drug-likeness (QED) is 0.843. The molecular weight excluding hydrogens is 326 g/mol. The van der Waals surface area contributed by atoms with Crippen LogP contribution < -0.4 is 10.5 Å². The Hall–Kier alpha value is -1.50. The molecule has 2 aromatic rings. The molecule has 0 spiro atoms. The first-order valence-electron chi connectivity index (χ1n) is 5.33. The minimum atomic E-state index is -4.12. The van der Waals surface area contributed by atoms with E-state index in [2.05, 4.69) is 4.72 Å². The molecule has 4 nitrogen and oxygen atoms in total. The van der Waals surface area contributed by atoms with E-state index in [1.807, 2.05) is 0 Å². The van der Waals surface area contributed by atoms with Gasteiger partial charge in [-0.1, -0.05) is 29.3 Å². The van der Waals surface area contributed by atoms with Crippen molar-refractivity contribution < 1.29 is 12.8 Å². The second-order valence-electron chi connectivity index (χ2n) is 3.90. The SMILES string of the molecule is Nc1ccc(F)c(NS(=O)(=O)c2c(Cl)cccc2Cl)c1. The second kappa shape index (κ2) is 5.47. The van der Waals surface area contributed by atoms with Crippen molar-refractivity contribution in [2.75, 3.05) is 10.5 Å². The number of nitrogens with two attached hydrogens (primary N) is 1. The van der Waals surface area contributed by atoms with E-state index in [1.54, 1.807) is 0 Å². The number of anilines is 2. The third-order valence-corrected chi connectivity index (χ3v) is 4.74. The Morgan fingerprint density at radius 3 is 2.30 bits per heavy atom. The third-order valence-electron chi connectivity index (χ3n) is 2.42. The second-order valence-corrected chi connectivity index (χ2v) is 6.33. The molecule has 0 aliphatic rings. The van der Waals surface area contributed by atoms with Gasteiger partial charge < -0.3 is 5.73 Å². The first kappa shape index (κ1) is 14.9. The third kappa shape index (κ3) is 2.98. The van der Waals surface area contributed by atoms with Crippen LogP contribution >= 0.6 is 23.2 Å². The maximum absolute atomic E-state index is 13.6. The van der Waals surface area contributed by atoms with Crippen molar-refractivity contribution in [1.29, 1.82) is 0 Å². The molecule has 0 saturated heterocycles. The molecule has 0 radical (unpaired) electrons. The number of halogens is 3. The lowest BCUT2D eigenvalue weighted by Crippen LogP contribution is -2.15. The first-order valence-corrected chi connectivity index (χ1v) is 7.57. The van der Waals surface area contributed by atoms with Gasteiger partial charge in [-0.05, 0) is 30.3 Å². The van der Waals surface area contributed by atoms with Crippen molar-refractivity contribution >= 4 is 44.6 Å². The van der Waals surface area contributed by atoms with Gasteiger partial charge in [0.15, 0.2) is 0 Å². The molecule has 0 aliphatic carbocycles. The lowest BCUT2D eigenvalue weighted by atomic mass is 10.3. The monoisotopic (exact) mass is 334 g/mol. The predicted octanol–water partition coefficient (Wildman–Crippen LogP) is 3.52. The average molecular weight is 335 g/mol. The van der Waals surface area contributed by atoms with Gasteiger partial charge in [0, 0.05) is 5.69 Å². The molecular formula is C12H9Cl2FN2O2S. The molecule has 3 N–H and O–H groups in total. The van der Waals surface area contributed by atoms with Gasteiger partial charge in [-0.3, -0.25) is 4.72 Å². The summed E-state index contributed by atoms with van der Waals surface area (Å²) in [6.45, 7) is 0. The fourth-order valence-corrected chi connectivity index (χ4v) is 3.76. The molecule has 2 rings (SSSR count). The van der Waals surface area contributed by atoms with Crippen LogP contribution in [0.15, 0.2) is 41.3 Å². The van der Waals surface area contributed by atoms with Crippen molar-refractivity contribution in [1.82, 2.24) is 0 Å². The summed E-state index contributed by atoms with van der Waals surface area (Å²) in [7, 11) is -4.12. The summed E-state index contributed by atoms with van der Waals surface area (Å²) >= 11 is 11.7. The van der Waals surface area contributed by atoms with E-state index in [1.165, 1.54) is 24.3 Å². The summed E-state index contributed by atoms with van der Waals surface area (Å²) in [4.78, 5) is -0.315. The van der Waals surface area contributed by atoms with Gasteiger partial charge in [0.05, 0.1) is 15.7 Å². The van der Waals surface area contributed by atoms with Crippen LogP contribution in [0.3, 0.4) is 0 Å². The highest BCUT2D eigenvalue weighted by molar-refractivity contribution is 7.93. The number of hydrogen-bond acceptors (Lipinski definition) is 3. The minimum Gasteiger partial charge on any atom is -0.399 e. The van der Waals surface area contributed by atoms with E-state index in [0.29, 0.717) is 0 Å². The van der Waals surface area contributed by atoms with Crippen LogP contribution in [0.1, 0.15) is 0 Å². The van der Waals surface area contributed by atoms with Crippen LogP contribution in [0.25, 0.3) is 0 Å². The molecule has 0 saturated carbocycles. The normalized spacial score (nSPS) is 11.3. The highest BCUT2D eigenvalue weighted by Crippen LogP contribution is 2.31. The van der Waals surface area contributed by atoms with Crippen molar-refractivity contribution in [3.8, 4) is 0 Å². The van der Waals surface area contributed by atoms with E-state index in [0.717, 1.165) is 12.1 Å². The van der Waals surface area contributed by atoms with Gasteiger partial charge in [0.2, 0.25) is 0 Å². The van der Waals surface area contributed by atoms with Gasteiger partial charge in [0.25, 0.3) is 10.0 Å². The molecule has 0 fully saturated rings. The number of hydrogen-bond donors (Lipinski definition) is 2. The Balaban J connectivity index is 2.49. The average Bonchev–Trinajstić information content (AvgIpc) is 2.33. The summed E-state index contributed by atoms with van der Waals surface area (Å²) in [6, 6.07) is 7.79. The largest absolute Gasteiger partial charge is 0.399 e. The van der Waals surface area contributed by atoms with Crippen molar-refractivity contribution in [3.05, 3.63) is 52.3 Å². The number of rotatable bonds is 3. The Bertz CT molecular complexity index is 746. The summed E-state index contributed by atoms with van der Waals surface area (Å²) < 4.78 is 40.1. The van der Waals surface area contributed by atoms with E-state index < -0.39 is 15.8 Å². The molecule has 8 heteroatoms. The van der Waals surface area contributed by atoms with Crippen LogP contribution in [0.5, 0.6) is 0 Å². The van der Waals surface area contributed by atoms with Crippen molar-refractivity contribution in [3.63, 3.8) is 0 Å². The van der Waals surface area contributed by atoms with E-state index >= 15 is 0 Å². The van der Waals surface area contributed by atoms with E-state index in [4.69, 9.17) is 28.9 Å². The Morgan fingerprint density at radius 1 is 1.10 bits per heavy atom. The maximum Gasteiger partial charge on any atom is 0.264 e. The molecule has 20 heavy (non-hydrogen) atoms. The fraction of sp³-hybridized carbons (Fsp3) is 0. The number of nitrogens with one attached hydrogen (secondary N) is 1. The van der Waals surface area contributed by atoms with Gasteiger partial charge in [-0.25, -0.2) is 12.8 Å². The minimum absolute atomic E-state index is 0.0608. The summed E-state index contributed by atoms with van der Waals surface area (Å²) in [5.74, 6) is -0.758. The zero-order valence-corrected chi connectivity index (χ0v) is 12.2. The van der Waals surface area contributed by atoms with Crippen LogP contribution in [0.4, 0.5) is 15.8 Å². The number of sulfonamides is 1. The van der Waals surface area contributed by atoms with Crippen molar-refractivity contribution in [2.45, 2.75) is 4.90 Å². The topological polar surface area (TPSA) is 72.2 Å². The first-order chi connectivity index (χ1) is 9.31. The van der Waals surface area contributed by atoms with Gasteiger partial charge in [-0.15, -0.1) is 0 Å². The Labute approximate surface area is 125 Å². The zero-order valence-electron chi connectivity index (χ0n) is 9.90. The van der Waals surface area contributed by atoms with E-state index in [-0.39, 0.29) is 26.3 Å². The zero-order chi connectivity index (χ0) is 14.9. The summed E-state index contributed by atoms with van der Waals surface area (Å²) in [5, 5.41) is -0.122. The number of nitrogen functional groups attached to an aromatic ring is 1. The maximum atomic E-state index is 13.6. The molecule has 0 amide bonds. The summed E-state index contributed by atoms with van der Waals surface area (Å²) in [5.41, 5.74) is 5.43. The highest BCUT2D eigenvalue weighted by Gasteiger charge is 2.22. The van der Waals surface area contributed by atoms with Gasteiger partial charge >= 0.3 is 0 Å². The fourth-order valence-electron chi connectivity index (χ4n) is 1.56. The molecule has 0 heterocycles. The number of benzene rings is 2. The molecule has 0 atom stereocenters. The molecule has 0 unspecified atom stereocenters. The van der Waals surface area contributed by atoms with Gasteiger partial charge in [0.1, 0.15) is 10.7 Å². The van der Waals surface area contributed by atoms with Crippen molar-refractivity contribution in [2.24, 2.45) is 0 Å². The Morgan fingerprint density at radius 2 is 1.70 bits per heavy atom. The predicted molar refractivity (Wildman–Crippen MR) is 78.1 cm³/mol. The molecule has 0 aromatic heterocycles. The molecule has 106 valence electrons. The smallest absolute Gasteiger partial charge is 0.264 e. The van der Waals surface area contributed by atoms with Crippen LogP contribution in [0, 0.1) is 5.82 Å². The molecule has 0 aliphatic heterocycles. The molecule has 2 aromatic carbocycles. The summed E-state index contributed by atoms with van der Waals surface area (Å²) in [6.07, 6.45) is 0. The van der Waals surface area contributed by atoms with Crippen LogP contribution in [-0.4, -0.2) is 8.42 Å². The van der Waals surface area contributed by atoms with Crippen LogP contribution in [0.2, 0.25) is 10.0 Å². The Kier molecular flexibility index (Phi) is 4.08. The van der Waals surface area contributed by atoms with Gasteiger partial charge in [-0.2, -0.15) is 0 Å². The lowest BCUT2D eigenvalue weighted by Gasteiger charge is -2.12.